The van der Waals surface area contributed by atoms with Gasteiger partial charge in [-0.3, -0.25) is 9.97 Å². The standard InChI is InChI=1S/C59H46N4/c1-4-13-47(14-5-1)48-28-30-49(31-29-48)56-40-59(51-17-8-3-9-18-51)61-42-57(56)55-20-11-10-19-54(55)52-38-45(23-21-43-25-32-53(33-26-43)63-36-12-35-62-63)37-46(39-52)24-22-44-27-34-58(60-41-44)50-15-6-2-7-16-50/h1-20,25-42H,21-24H2. The van der Waals surface area contributed by atoms with Gasteiger partial charge in [0.15, 0.2) is 0 Å². The largest absolute Gasteiger partial charge is 0.256 e. The van der Waals surface area contributed by atoms with E-state index in [-0.39, 0.29) is 0 Å². The van der Waals surface area contributed by atoms with Crippen molar-refractivity contribution in [1.82, 2.24) is 19.7 Å². The molecule has 0 saturated heterocycles. The molecule has 0 amide bonds. The number of benzene rings is 7. The lowest BCUT2D eigenvalue weighted by Crippen LogP contribution is -1.99. The van der Waals surface area contributed by atoms with Gasteiger partial charge in [-0.2, -0.15) is 5.10 Å². The highest BCUT2D eigenvalue weighted by Gasteiger charge is 2.17. The molecule has 0 bridgehead atoms. The first-order chi connectivity index (χ1) is 31.2. The van der Waals surface area contributed by atoms with Crippen LogP contribution >= 0.6 is 0 Å². The number of nitrogens with zero attached hydrogens (tertiary/aromatic N) is 4. The molecule has 7 aromatic carbocycles. The van der Waals surface area contributed by atoms with Crippen LogP contribution in [0.5, 0.6) is 0 Å². The van der Waals surface area contributed by atoms with E-state index in [9.17, 15) is 0 Å². The Kier molecular flexibility index (Phi) is 11.4. The van der Waals surface area contributed by atoms with Crippen molar-refractivity contribution in [2.24, 2.45) is 0 Å². The second-order valence-electron chi connectivity index (χ2n) is 16.0. The Morgan fingerprint density at radius 2 is 0.857 bits per heavy atom. The topological polar surface area (TPSA) is 43.6 Å². The molecular formula is C59H46N4. The van der Waals surface area contributed by atoms with Crippen molar-refractivity contribution >= 4 is 0 Å². The molecule has 0 spiro atoms. The van der Waals surface area contributed by atoms with Gasteiger partial charge in [0.25, 0.3) is 0 Å². The number of hydrogen-bond donors (Lipinski definition) is 0. The summed E-state index contributed by atoms with van der Waals surface area (Å²) in [6, 6.07) is 73.8. The normalized spacial score (nSPS) is 11.1. The van der Waals surface area contributed by atoms with Crippen molar-refractivity contribution < 1.29 is 0 Å². The number of pyridine rings is 2. The fourth-order valence-corrected chi connectivity index (χ4v) is 8.49. The van der Waals surface area contributed by atoms with E-state index in [1.165, 1.54) is 44.5 Å². The minimum absolute atomic E-state index is 0.898. The van der Waals surface area contributed by atoms with Gasteiger partial charge in [-0.1, -0.05) is 176 Å². The van der Waals surface area contributed by atoms with E-state index in [2.05, 4.69) is 205 Å². The summed E-state index contributed by atoms with van der Waals surface area (Å²) >= 11 is 0. The first kappa shape index (κ1) is 39.2. The highest BCUT2D eigenvalue weighted by atomic mass is 15.3. The number of rotatable bonds is 13. The predicted molar refractivity (Wildman–Crippen MR) is 259 cm³/mol. The van der Waals surface area contributed by atoms with Crippen molar-refractivity contribution in [2.45, 2.75) is 25.7 Å². The van der Waals surface area contributed by atoms with Crippen LogP contribution in [0.4, 0.5) is 0 Å². The molecule has 0 radical (unpaired) electrons. The third-order valence-electron chi connectivity index (χ3n) is 11.9. The fourth-order valence-electron chi connectivity index (χ4n) is 8.49. The number of hydrogen-bond acceptors (Lipinski definition) is 3. The molecule has 0 fully saturated rings. The van der Waals surface area contributed by atoms with E-state index in [0.29, 0.717) is 0 Å². The number of aromatic nitrogens is 4. The van der Waals surface area contributed by atoms with Gasteiger partial charge in [-0.15, -0.1) is 0 Å². The van der Waals surface area contributed by atoms with Gasteiger partial charge < -0.3 is 0 Å². The molecule has 0 aliphatic heterocycles. The molecule has 302 valence electrons. The van der Waals surface area contributed by atoms with E-state index in [1.807, 2.05) is 35.4 Å². The molecule has 0 unspecified atom stereocenters. The van der Waals surface area contributed by atoms with Crippen LogP contribution in [0.1, 0.15) is 22.3 Å². The Hall–Kier alpha value is -7.95. The van der Waals surface area contributed by atoms with Crippen molar-refractivity contribution in [1.29, 1.82) is 0 Å². The zero-order valence-corrected chi connectivity index (χ0v) is 35.1. The Morgan fingerprint density at radius 3 is 1.49 bits per heavy atom. The van der Waals surface area contributed by atoms with Crippen LogP contribution in [0, 0.1) is 0 Å². The van der Waals surface area contributed by atoms with Crippen molar-refractivity contribution in [2.75, 3.05) is 0 Å². The Labute approximate surface area is 369 Å². The summed E-state index contributed by atoms with van der Waals surface area (Å²) in [5.41, 5.74) is 19.8. The Balaban J connectivity index is 1.01. The molecule has 4 heteroatoms. The number of aryl methyl sites for hydroxylation is 4. The summed E-state index contributed by atoms with van der Waals surface area (Å²) < 4.78 is 1.90. The van der Waals surface area contributed by atoms with Gasteiger partial charge in [0.05, 0.1) is 17.1 Å². The van der Waals surface area contributed by atoms with Crippen molar-refractivity contribution in [3.05, 3.63) is 253 Å². The van der Waals surface area contributed by atoms with Crippen molar-refractivity contribution in [3.8, 4) is 72.7 Å². The van der Waals surface area contributed by atoms with E-state index >= 15 is 0 Å². The molecule has 0 aliphatic rings. The summed E-state index contributed by atoms with van der Waals surface area (Å²) in [7, 11) is 0. The summed E-state index contributed by atoms with van der Waals surface area (Å²) in [5, 5.41) is 4.41. The molecule has 0 saturated carbocycles. The molecule has 10 rings (SSSR count). The first-order valence-electron chi connectivity index (χ1n) is 21.7. The predicted octanol–water partition coefficient (Wildman–Crippen LogP) is 14.2. The molecule has 0 aliphatic carbocycles. The maximum absolute atomic E-state index is 5.11. The molecule has 10 aromatic rings. The average molecular weight is 811 g/mol. The summed E-state index contributed by atoms with van der Waals surface area (Å²) in [4.78, 5) is 9.95. The second kappa shape index (κ2) is 18.3. The minimum Gasteiger partial charge on any atom is -0.256 e. The lowest BCUT2D eigenvalue weighted by atomic mass is 9.87. The quantitative estimate of drug-likeness (QED) is 0.116. The average Bonchev–Trinajstić information content (AvgIpc) is 3.92. The van der Waals surface area contributed by atoms with Crippen LogP contribution < -0.4 is 0 Å². The van der Waals surface area contributed by atoms with E-state index in [1.54, 1.807) is 0 Å². The zero-order chi connectivity index (χ0) is 42.2. The lowest BCUT2D eigenvalue weighted by molar-refractivity contribution is 0.876. The van der Waals surface area contributed by atoms with E-state index < -0.39 is 0 Å². The van der Waals surface area contributed by atoms with Gasteiger partial charge in [0.1, 0.15) is 0 Å². The Morgan fingerprint density at radius 1 is 0.317 bits per heavy atom. The molecule has 63 heavy (non-hydrogen) atoms. The summed E-state index contributed by atoms with van der Waals surface area (Å²) in [6.45, 7) is 0. The van der Waals surface area contributed by atoms with Crippen LogP contribution in [-0.4, -0.2) is 19.7 Å². The van der Waals surface area contributed by atoms with Crippen molar-refractivity contribution in [3.63, 3.8) is 0 Å². The van der Waals surface area contributed by atoms with Crippen LogP contribution in [0.2, 0.25) is 0 Å². The molecule has 4 nitrogen and oxygen atoms in total. The fraction of sp³-hybridized carbons (Fsp3) is 0.0678. The maximum Gasteiger partial charge on any atom is 0.0708 e. The molecule has 0 N–H and O–H groups in total. The van der Waals surface area contributed by atoms with Crippen LogP contribution in [0.25, 0.3) is 72.7 Å². The molecular weight excluding hydrogens is 765 g/mol. The van der Waals surface area contributed by atoms with Gasteiger partial charge in [-0.05, 0) is 117 Å². The van der Waals surface area contributed by atoms with Crippen LogP contribution in [0.15, 0.2) is 231 Å². The third-order valence-corrected chi connectivity index (χ3v) is 11.9. The smallest absolute Gasteiger partial charge is 0.0708 e. The highest BCUT2D eigenvalue weighted by Crippen LogP contribution is 2.40. The second-order valence-corrected chi connectivity index (χ2v) is 16.0. The van der Waals surface area contributed by atoms with Crippen LogP contribution in [0.3, 0.4) is 0 Å². The summed E-state index contributed by atoms with van der Waals surface area (Å²) in [5.74, 6) is 0. The van der Waals surface area contributed by atoms with Gasteiger partial charge in [-0.25, -0.2) is 4.68 Å². The van der Waals surface area contributed by atoms with Crippen LogP contribution in [-0.2, 0) is 25.7 Å². The van der Waals surface area contributed by atoms with Gasteiger partial charge >= 0.3 is 0 Å². The molecule has 0 atom stereocenters. The molecule has 3 aromatic heterocycles. The molecule has 3 heterocycles. The summed E-state index contributed by atoms with van der Waals surface area (Å²) in [6.07, 6.45) is 11.6. The third kappa shape index (κ3) is 9.07. The monoisotopic (exact) mass is 810 g/mol. The SMILES string of the molecule is c1ccc(-c2ccc(-c3cc(-c4ccccc4)ncc3-c3ccccc3-c3cc(CCc4ccc(-n5cccn5)cc4)cc(CCc4ccc(-c5ccccc5)nc4)c3)cc2)cc1. The van der Waals surface area contributed by atoms with E-state index in [0.717, 1.165) is 76.1 Å². The Bertz CT molecular complexity index is 3050. The zero-order valence-electron chi connectivity index (χ0n) is 35.1. The van der Waals surface area contributed by atoms with E-state index in [4.69, 9.17) is 9.97 Å². The highest BCUT2D eigenvalue weighted by molar-refractivity contribution is 5.93. The first-order valence-corrected chi connectivity index (χ1v) is 21.7. The maximum atomic E-state index is 5.11. The lowest BCUT2D eigenvalue weighted by Gasteiger charge is -2.18. The van der Waals surface area contributed by atoms with Gasteiger partial charge in [0, 0.05) is 41.5 Å². The van der Waals surface area contributed by atoms with Gasteiger partial charge in [0.2, 0.25) is 0 Å². The minimum atomic E-state index is 0.898.